The van der Waals surface area contributed by atoms with Gasteiger partial charge in [-0.2, -0.15) is 0 Å². The van der Waals surface area contributed by atoms with Gasteiger partial charge in [-0.25, -0.2) is 0 Å². The number of aryl methyl sites for hydroxylation is 3. The largest absolute Gasteiger partial charge is 0.508 e. The van der Waals surface area contributed by atoms with E-state index in [1.807, 2.05) is 6.07 Å². The topological polar surface area (TPSA) is 110 Å². The van der Waals surface area contributed by atoms with Crippen LogP contribution in [0.25, 0.3) is 0 Å². The number of aliphatic hydroxyl groups is 4. The first-order valence-electron chi connectivity index (χ1n) is 10.5. The minimum Gasteiger partial charge on any atom is -0.508 e. The third-order valence-corrected chi connectivity index (χ3v) is 5.95. The highest BCUT2D eigenvalue weighted by Gasteiger charge is 2.44. The van der Waals surface area contributed by atoms with E-state index in [9.17, 15) is 25.5 Å². The number of aliphatic hydroxyl groups excluding tert-OH is 4. The summed E-state index contributed by atoms with van der Waals surface area (Å²) in [6, 6.07) is 9.81. The SMILES string of the molecule is CCCc1cc(O)c([C@@H]2O[C@H](CO)[C@H](O)[C@H](O)C2O)cc1Cc1ccc(C)cc1C. The van der Waals surface area contributed by atoms with Gasteiger partial charge in [0, 0.05) is 5.56 Å². The van der Waals surface area contributed by atoms with E-state index >= 15 is 0 Å². The highest BCUT2D eigenvalue weighted by molar-refractivity contribution is 5.47. The molecule has 0 saturated carbocycles. The summed E-state index contributed by atoms with van der Waals surface area (Å²) < 4.78 is 5.67. The van der Waals surface area contributed by atoms with Crippen LogP contribution in [-0.2, 0) is 17.6 Å². The van der Waals surface area contributed by atoms with Crippen molar-refractivity contribution in [3.63, 3.8) is 0 Å². The summed E-state index contributed by atoms with van der Waals surface area (Å²) in [6.07, 6.45) is -4.07. The minimum atomic E-state index is -1.49. The predicted molar refractivity (Wildman–Crippen MR) is 114 cm³/mol. The van der Waals surface area contributed by atoms with Crippen molar-refractivity contribution >= 4 is 0 Å². The zero-order valence-corrected chi connectivity index (χ0v) is 17.7. The Morgan fingerprint density at radius 1 is 0.900 bits per heavy atom. The van der Waals surface area contributed by atoms with E-state index in [-0.39, 0.29) is 5.75 Å². The zero-order chi connectivity index (χ0) is 22.0. The van der Waals surface area contributed by atoms with E-state index in [0.717, 1.165) is 24.0 Å². The number of hydrogen-bond donors (Lipinski definition) is 5. The van der Waals surface area contributed by atoms with E-state index in [2.05, 4.69) is 39.0 Å². The highest BCUT2D eigenvalue weighted by Crippen LogP contribution is 2.38. The van der Waals surface area contributed by atoms with Gasteiger partial charge in [-0.1, -0.05) is 37.1 Å². The van der Waals surface area contributed by atoms with Gasteiger partial charge < -0.3 is 30.3 Å². The van der Waals surface area contributed by atoms with Gasteiger partial charge in [0.1, 0.15) is 36.3 Å². The number of benzene rings is 2. The standard InChI is InChI=1S/C24H32O6/c1-4-5-16-11-19(26)18(24-23(29)22(28)21(27)20(12-25)30-24)10-17(16)9-15-7-6-13(2)8-14(15)3/h6-8,10-11,20-29H,4-5,9,12H2,1-3H3/t20-,21+,22+,23?,24+/m1/s1. The van der Waals surface area contributed by atoms with Crippen molar-refractivity contribution in [3.05, 3.63) is 63.7 Å². The Bertz CT molecular complexity index is 878. The van der Waals surface area contributed by atoms with Crippen molar-refractivity contribution in [2.45, 2.75) is 70.6 Å². The van der Waals surface area contributed by atoms with Crippen LogP contribution in [0.1, 0.15) is 52.8 Å². The van der Waals surface area contributed by atoms with E-state index in [1.165, 1.54) is 16.7 Å². The Morgan fingerprint density at radius 2 is 1.63 bits per heavy atom. The molecule has 164 valence electrons. The molecule has 0 amide bonds. The molecule has 0 bridgehead atoms. The molecule has 0 radical (unpaired) electrons. The van der Waals surface area contributed by atoms with Crippen molar-refractivity contribution < 1.29 is 30.3 Å². The summed E-state index contributed by atoms with van der Waals surface area (Å²) >= 11 is 0. The lowest BCUT2D eigenvalue weighted by Gasteiger charge is -2.40. The molecule has 6 nitrogen and oxygen atoms in total. The zero-order valence-electron chi connectivity index (χ0n) is 17.7. The first kappa shape index (κ1) is 22.7. The summed E-state index contributed by atoms with van der Waals surface area (Å²) in [5.74, 6) is -0.0350. The maximum absolute atomic E-state index is 10.7. The van der Waals surface area contributed by atoms with Gasteiger partial charge in [-0.3, -0.25) is 0 Å². The molecule has 1 saturated heterocycles. The number of phenols is 1. The Kier molecular flexibility index (Phi) is 7.16. The van der Waals surface area contributed by atoms with Crippen LogP contribution >= 0.6 is 0 Å². The monoisotopic (exact) mass is 416 g/mol. The normalized spacial score (nSPS) is 26.7. The van der Waals surface area contributed by atoms with Crippen molar-refractivity contribution in [2.24, 2.45) is 0 Å². The maximum atomic E-state index is 10.7. The Hall–Kier alpha value is -1.96. The van der Waals surface area contributed by atoms with Crippen molar-refractivity contribution in [1.29, 1.82) is 0 Å². The number of aromatic hydroxyl groups is 1. The quantitative estimate of drug-likeness (QED) is 0.493. The fraction of sp³-hybridized carbons (Fsp3) is 0.500. The second kappa shape index (κ2) is 9.45. The summed E-state index contributed by atoms with van der Waals surface area (Å²) in [4.78, 5) is 0. The lowest BCUT2D eigenvalue weighted by atomic mass is 9.87. The van der Waals surface area contributed by atoms with Crippen LogP contribution in [0.15, 0.2) is 30.3 Å². The average Bonchev–Trinajstić information content (AvgIpc) is 2.71. The molecule has 5 atom stereocenters. The fourth-order valence-corrected chi connectivity index (χ4v) is 4.20. The summed E-state index contributed by atoms with van der Waals surface area (Å²) in [5.41, 5.74) is 5.91. The first-order chi connectivity index (χ1) is 14.3. The second-order valence-electron chi connectivity index (χ2n) is 8.29. The van der Waals surface area contributed by atoms with E-state index < -0.39 is 37.1 Å². The molecular formula is C24H32O6. The van der Waals surface area contributed by atoms with Gasteiger partial charge in [0.05, 0.1) is 6.61 Å². The van der Waals surface area contributed by atoms with Crippen LogP contribution in [0.2, 0.25) is 0 Å². The van der Waals surface area contributed by atoms with Crippen molar-refractivity contribution in [3.8, 4) is 5.75 Å². The molecule has 2 aromatic carbocycles. The van der Waals surface area contributed by atoms with Gasteiger partial charge in [0.15, 0.2) is 0 Å². The van der Waals surface area contributed by atoms with Gasteiger partial charge in [-0.15, -0.1) is 0 Å². The maximum Gasteiger partial charge on any atom is 0.121 e. The molecule has 0 aliphatic carbocycles. The summed E-state index contributed by atoms with van der Waals surface area (Å²) in [7, 11) is 0. The molecule has 1 heterocycles. The van der Waals surface area contributed by atoms with E-state index in [1.54, 1.807) is 6.07 Å². The number of rotatable bonds is 6. The van der Waals surface area contributed by atoms with Crippen LogP contribution in [0.3, 0.4) is 0 Å². The summed E-state index contributed by atoms with van der Waals surface area (Å²) in [5, 5.41) is 50.9. The predicted octanol–water partition coefficient (Wildman–Crippen LogP) is 2.07. The minimum absolute atomic E-state index is 0.0350. The molecule has 1 fully saturated rings. The lowest BCUT2D eigenvalue weighted by molar-refractivity contribution is -0.232. The lowest BCUT2D eigenvalue weighted by Crippen LogP contribution is -2.55. The van der Waals surface area contributed by atoms with Crippen LogP contribution in [0, 0.1) is 13.8 Å². The Balaban J connectivity index is 2.02. The van der Waals surface area contributed by atoms with Crippen molar-refractivity contribution in [1.82, 2.24) is 0 Å². The molecule has 0 spiro atoms. The number of hydrogen-bond acceptors (Lipinski definition) is 6. The van der Waals surface area contributed by atoms with E-state index in [0.29, 0.717) is 12.0 Å². The third-order valence-electron chi connectivity index (χ3n) is 5.95. The molecule has 1 aliphatic heterocycles. The Morgan fingerprint density at radius 3 is 2.27 bits per heavy atom. The number of phenolic OH excluding ortho intramolecular Hbond substituents is 1. The molecule has 0 aromatic heterocycles. The Labute approximate surface area is 177 Å². The van der Waals surface area contributed by atoms with Gasteiger partial charge in [0.25, 0.3) is 0 Å². The molecule has 1 aliphatic rings. The molecule has 3 rings (SSSR count). The molecule has 2 aromatic rings. The molecular weight excluding hydrogens is 384 g/mol. The number of ether oxygens (including phenoxy) is 1. The van der Waals surface area contributed by atoms with Gasteiger partial charge >= 0.3 is 0 Å². The summed E-state index contributed by atoms with van der Waals surface area (Å²) in [6.45, 7) is 5.69. The van der Waals surface area contributed by atoms with Crippen molar-refractivity contribution in [2.75, 3.05) is 6.61 Å². The first-order valence-corrected chi connectivity index (χ1v) is 10.5. The van der Waals surface area contributed by atoms with Crippen LogP contribution < -0.4 is 0 Å². The van der Waals surface area contributed by atoms with Crippen LogP contribution in [0.4, 0.5) is 0 Å². The molecule has 5 N–H and O–H groups in total. The average molecular weight is 417 g/mol. The molecule has 1 unspecified atom stereocenters. The smallest absolute Gasteiger partial charge is 0.121 e. The molecule has 30 heavy (non-hydrogen) atoms. The van der Waals surface area contributed by atoms with Gasteiger partial charge in [0.2, 0.25) is 0 Å². The van der Waals surface area contributed by atoms with Crippen LogP contribution in [-0.4, -0.2) is 56.6 Å². The third kappa shape index (κ3) is 4.53. The highest BCUT2D eigenvalue weighted by atomic mass is 16.5. The second-order valence-corrected chi connectivity index (χ2v) is 8.29. The fourth-order valence-electron chi connectivity index (χ4n) is 4.20. The van der Waals surface area contributed by atoms with Gasteiger partial charge in [-0.05, 0) is 61.1 Å². The van der Waals surface area contributed by atoms with E-state index in [4.69, 9.17) is 4.74 Å². The molecule has 6 heteroatoms. The van der Waals surface area contributed by atoms with Crippen LogP contribution in [0.5, 0.6) is 5.75 Å².